The molecule has 1 aliphatic rings. The molecule has 4 rings (SSSR count). The average molecular weight is 380 g/mol. The number of aromatic nitrogens is 3. The highest BCUT2D eigenvalue weighted by Gasteiger charge is 2.26. The van der Waals surface area contributed by atoms with Crippen molar-refractivity contribution in [1.29, 1.82) is 0 Å². The van der Waals surface area contributed by atoms with Gasteiger partial charge in [0, 0.05) is 16.8 Å². The van der Waals surface area contributed by atoms with Crippen LogP contribution in [0.2, 0.25) is 0 Å². The second kappa shape index (κ2) is 7.24. The third-order valence-corrected chi connectivity index (χ3v) is 4.79. The largest absolute Gasteiger partial charge is 0.478 e. The Balaban J connectivity index is 1.78. The van der Waals surface area contributed by atoms with Gasteiger partial charge in [0.2, 0.25) is 11.0 Å². The fourth-order valence-corrected chi connectivity index (χ4v) is 3.29. The fraction of sp³-hybridized carbons (Fsp3) is 0.158. The molecule has 1 atom stereocenters. The zero-order valence-corrected chi connectivity index (χ0v) is 15.2. The Kier molecular flexibility index (Phi) is 4.64. The lowest BCUT2D eigenvalue weighted by molar-refractivity contribution is 0.0696. The lowest BCUT2D eigenvalue weighted by Gasteiger charge is -2.19. The second-order valence-corrected chi connectivity index (χ2v) is 7.03. The summed E-state index contributed by atoms with van der Waals surface area (Å²) in [4.78, 5) is 15.6. The van der Waals surface area contributed by atoms with Gasteiger partial charge in [-0.1, -0.05) is 49.0 Å². The normalized spacial score (nSPS) is 14.9. The molecule has 0 saturated heterocycles. The van der Waals surface area contributed by atoms with Gasteiger partial charge in [-0.05, 0) is 24.0 Å². The Morgan fingerprint density at radius 3 is 2.70 bits per heavy atom. The van der Waals surface area contributed by atoms with Gasteiger partial charge in [-0.15, -0.1) is 10.2 Å². The summed E-state index contributed by atoms with van der Waals surface area (Å²) in [6, 6.07) is 14.3. The molecule has 1 aliphatic heterocycles. The number of nitrogens with zero attached hydrogens (tertiary/aromatic N) is 3. The molecule has 2 heterocycles. The Morgan fingerprint density at radius 2 is 1.96 bits per heavy atom. The number of rotatable bonds is 4. The van der Waals surface area contributed by atoms with Crippen molar-refractivity contribution in [3.63, 3.8) is 0 Å². The van der Waals surface area contributed by atoms with Crippen LogP contribution in [0, 0.1) is 0 Å². The Morgan fingerprint density at radius 1 is 1.19 bits per heavy atom. The second-order valence-electron chi connectivity index (χ2n) is 5.80. The molecule has 7 nitrogen and oxygen atoms in total. The number of benzene rings is 2. The number of ether oxygens (including phenoxy) is 1. The molecule has 136 valence electrons. The maximum atomic E-state index is 11.1. The minimum atomic E-state index is -0.967. The standard InChI is InChI=1S/C19H16N4O3S/c1-2-27-19-21-17-15(22-23-19)13-5-3-4-6-14(13)20-16(26-17)11-7-9-12(10-8-11)18(24)25/h3-10,16,20H,2H2,1H3,(H,24,25)/t16-/m0/s1. The van der Waals surface area contributed by atoms with Crippen LogP contribution in [-0.2, 0) is 0 Å². The summed E-state index contributed by atoms with van der Waals surface area (Å²) in [5.41, 5.74) is 3.27. The van der Waals surface area contributed by atoms with E-state index < -0.39 is 12.2 Å². The van der Waals surface area contributed by atoms with Crippen molar-refractivity contribution in [3.8, 4) is 17.1 Å². The zero-order valence-electron chi connectivity index (χ0n) is 14.4. The molecule has 0 unspecified atom stereocenters. The number of carboxylic acid groups (broad SMARTS) is 1. The summed E-state index contributed by atoms with van der Waals surface area (Å²) >= 11 is 1.49. The first kappa shape index (κ1) is 17.3. The number of hydrogen-bond acceptors (Lipinski definition) is 7. The summed E-state index contributed by atoms with van der Waals surface area (Å²) in [5, 5.41) is 21.5. The third-order valence-electron chi connectivity index (χ3n) is 4.07. The summed E-state index contributed by atoms with van der Waals surface area (Å²) in [6.07, 6.45) is -0.536. The van der Waals surface area contributed by atoms with Crippen molar-refractivity contribution in [3.05, 3.63) is 59.7 Å². The van der Waals surface area contributed by atoms with E-state index in [1.165, 1.54) is 11.8 Å². The van der Waals surface area contributed by atoms with Gasteiger partial charge in [-0.2, -0.15) is 4.98 Å². The first-order chi connectivity index (χ1) is 13.2. The number of anilines is 1. The fourth-order valence-electron chi connectivity index (χ4n) is 2.79. The maximum Gasteiger partial charge on any atom is 0.335 e. The van der Waals surface area contributed by atoms with Crippen molar-refractivity contribution in [2.45, 2.75) is 18.3 Å². The molecule has 0 aliphatic carbocycles. The Hall–Kier alpha value is -3.13. The Bertz CT molecular complexity index is 994. The summed E-state index contributed by atoms with van der Waals surface area (Å²) in [6.45, 7) is 2.02. The molecule has 8 heteroatoms. The number of fused-ring (bicyclic) bond motifs is 3. The van der Waals surface area contributed by atoms with Crippen LogP contribution in [-0.4, -0.2) is 32.0 Å². The average Bonchev–Trinajstić information content (AvgIpc) is 2.85. The highest BCUT2D eigenvalue weighted by atomic mass is 32.2. The molecule has 3 aromatic rings. The first-order valence-electron chi connectivity index (χ1n) is 8.39. The molecule has 27 heavy (non-hydrogen) atoms. The lowest BCUT2D eigenvalue weighted by atomic mass is 10.1. The predicted octanol–water partition coefficient (Wildman–Crippen LogP) is 3.85. The topological polar surface area (TPSA) is 97.2 Å². The number of nitrogens with one attached hydrogen (secondary N) is 1. The van der Waals surface area contributed by atoms with Gasteiger partial charge in [-0.25, -0.2) is 4.79 Å². The van der Waals surface area contributed by atoms with Gasteiger partial charge in [0.1, 0.15) is 0 Å². The van der Waals surface area contributed by atoms with Crippen molar-refractivity contribution in [1.82, 2.24) is 15.2 Å². The van der Waals surface area contributed by atoms with Crippen LogP contribution in [0.15, 0.2) is 53.7 Å². The first-order valence-corrected chi connectivity index (χ1v) is 9.37. The monoisotopic (exact) mass is 380 g/mol. The SMILES string of the molecule is CCSc1nnc2c(n1)O[C@@H](c1ccc(C(=O)O)cc1)Nc1ccccc1-2. The van der Waals surface area contributed by atoms with E-state index in [4.69, 9.17) is 9.84 Å². The summed E-state index contributed by atoms with van der Waals surface area (Å²) in [7, 11) is 0. The van der Waals surface area contributed by atoms with Gasteiger partial charge < -0.3 is 15.2 Å². The van der Waals surface area contributed by atoms with Crippen LogP contribution in [0.1, 0.15) is 29.1 Å². The molecule has 2 N–H and O–H groups in total. The molecule has 1 aromatic heterocycles. The molecule has 0 spiro atoms. The zero-order chi connectivity index (χ0) is 18.8. The van der Waals surface area contributed by atoms with Crippen LogP contribution in [0.5, 0.6) is 5.88 Å². The van der Waals surface area contributed by atoms with Crippen LogP contribution in [0.4, 0.5) is 5.69 Å². The van der Waals surface area contributed by atoms with Gasteiger partial charge in [0.15, 0.2) is 11.9 Å². The van der Waals surface area contributed by atoms with E-state index in [9.17, 15) is 4.79 Å². The van der Waals surface area contributed by atoms with Crippen LogP contribution in [0.3, 0.4) is 0 Å². The highest BCUT2D eigenvalue weighted by molar-refractivity contribution is 7.99. The van der Waals surface area contributed by atoms with E-state index in [0.29, 0.717) is 16.7 Å². The van der Waals surface area contributed by atoms with Crippen LogP contribution < -0.4 is 10.1 Å². The minimum Gasteiger partial charge on any atom is -0.478 e. The smallest absolute Gasteiger partial charge is 0.335 e. The van der Waals surface area contributed by atoms with E-state index in [1.54, 1.807) is 24.3 Å². The van der Waals surface area contributed by atoms with Crippen molar-refractivity contribution in [2.24, 2.45) is 0 Å². The van der Waals surface area contributed by atoms with Gasteiger partial charge in [0.05, 0.1) is 5.56 Å². The van der Waals surface area contributed by atoms with Crippen molar-refractivity contribution >= 4 is 23.4 Å². The lowest BCUT2D eigenvalue weighted by Crippen LogP contribution is -2.17. The number of para-hydroxylation sites is 1. The quantitative estimate of drug-likeness (QED) is 0.659. The maximum absolute atomic E-state index is 11.1. The molecular weight excluding hydrogens is 364 g/mol. The Labute approximate surface area is 159 Å². The predicted molar refractivity (Wildman–Crippen MR) is 102 cm³/mol. The number of hydrogen-bond donors (Lipinski definition) is 2. The minimum absolute atomic E-state index is 0.221. The molecule has 2 aromatic carbocycles. The molecule has 0 bridgehead atoms. The summed E-state index contributed by atoms with van der Waals surface area (Å²) in [5.74, 6) is 0.255. The third kappa shape index (κ3) is 3.43. The highest BCUT2D eigenvalue weighted by Crippen LogP contribution is 2.39. The van der Waals surface area contributed by atoms with E-state index in [2.05, 4.69) is 20.5 Å². The summed E-state index contributed by atoms with van der Waals surface area (Å²) < 4.78 is 6.13. The van der Waals surface area contributed by atoms with E-state index >= 15 is 0 Å². The molecule has 0 amide bonds. The van der Waals surface area contributed by atoms with Crippen LogP contribution >= 0.6 is 11.8 Å². The van der Waals surface area contributed by atoms with Crippen molar-refractivity contribution < 1.29 is 14.6 Å². The number of carboxylic acids is 1. The van der Waals surface area contributed by atoms with Gasteiger partial charge in [-0.3, -0.25) is 0 Å². The van der Waals surface area contributed by atoms with Gasteiger partial charge >= 0.3 is 5.97 Å². The molecule has 0 radical (unpaired) electrons. The van der Waals surface area contributed by atoms with E-state index in [-0.39, 0.29) is 5.56 Å². The number of aromatic carboxylic acids is 1. The van der Waals surface area contributed by atoms with E-state index in [1.807, 2.05) is 31.2 Å². The number of carbonyl (C=O) groups is 1. The molecule has 0 saturated carbocycles. The van der Waals surface area contributed by atoms with Crippen LogP contribution in [0.25, 0.3) is 11.3 Å². The van der Waals surface area contributed by atoms with E-state index in [0.717, 1.165) is 22.6 Å². The molecule has 0 fully saturated rings. The van der Waals surface area contributed by atoms with Crippen molar-refractivity contribution in [2.75, 3.05) is 11.1 Å². The number of thioether (sulfide) groups is 1. The van der Waals surface area contributed by atoms with Gasteiger partial charge in [0.25, 0.3) is 0 Å². The molecular formula is C19H16N4O3S.